The molecule has 2 N–H and O–H groups in total. The van der Waals surface area contributed by atoms with E-state index in [0.29, 0.717) is 6.54 Å². The molecular formula is C14H15N3O3S. The third-order valence-corrected chi connectivity index (χ3v) is 3.86. The number of thioether (sulfide) groups is 1. The molecule has 2 rings (SSSR count). The molecule has 0 aliphatic carbocycles. The highest BCUT2D eigenvalue weighted by molar-refractivity contribution is 7.99. The number of benzene rings is 1. The Balaban J connectivity index is 1.78. The van der Waals surface area contributed by atoms with E-state index in [1.807, 2.05) is 17.8 Å². The molecule has 21 heavy (non-hydrogen) atoms. The molecule has 0 fully saturated rings. The van der Waals surface area contributed by atoms with Gasteiger partial charge in [-0.2, -0.15) is 0 Å². The Hall–Kier alpha value is -2.28. The monoisotopic (exact) mass is 305 g/mol. The van der Waals surface area contributed by atoms with Crippen molar-refractivity contribution < 1.29 is 14.7 Å². The lowest BCUT2D eigenvalue weighted by Gasteiger charge is -2.05. The van der Waals surface area contributed by atoms with Gasteiger partial charge < -0.3 is 15.0 Å². The number of aromatic nitrogens is 2. The van der Waals surface area contributed by atoms with E-state index in [1.165, 1.54) is 23.9 Å². The summed E-state index contributed by atoms with van der Waals surface area (Å²) in [6.45, 7) is 0.375. The molecule has 0 radical (unpaired) electrons. The van der Waals surface area contributed by atoms with E-state index >= 15 is 0 Å². The number of carbonyl (C=O) groups is 2. The van der Waals surface area contributed by atoms with Crippen LogP contribution >= 0.6 is 11.8 Å². The molecule has 0 spiro atoms. The molecule has 2 aromatic rings. The molecule has 0 aliphatic heterocycles. The highest BCUT2D eigenvalue weighted by Crippen LogP contribution is 2.13. The Morgan fingerprint density at radius 2 is 2.05 bits per heavy atom. The molecule has 1 heterocycles. The number of aryl methyl sites for hydroxylation is 1. The van der Waals surface area contributed by atoms with E-state index in [4.69, 9.17) is 5.11 Å². The van der Waals surface area contributed by atoms with Crippen LogP contribution in [-0.2, 0) is 18.4 Å². The molecule has 1 aromatic heterocycles. The number of carbonyl (C=O) groups excluding carboxylic acids is 1. The molecule has 1 aromatic carbocycles. The van der Waals surface area contributed by atoms with Gasteiger partial charge in [-0.25, -0.2) is 9.78 Å². The highest BCUT2D eigenvalue weighted by atomic mass is 32.2. The molecule has 1 amide bonds. The number of imidazole rings is 1. The van der Waals surface area contributed by atoms with Gasteiger partial charge in [0.2, 0.25) is 5.91 Å². The Morgan fingerprint density at radius 1 is 1.33 bits per heavy atom. The van der Waals surface area contributed by atoms with Gasteiger partial charge in [-0.1, -0.05) is 23.9 Å². The minimum atomic E-state index is -0.961. The summed E-state index contributed by atoms with van der Waals surface area (Å²) >= 11 is 1.37. The fourth-order valence-corrected chi connectivity index (χ4v) is 2.40. The number of nitrogens with one attached hydrogen (secondary N) is 1. The SMILES string of the molecule is Cn1ccnc1SCC(=O)NCc1ccc(C(=O)O)cc1. The summed E-state index contributed by atoms with van der Waals surface area (Å²) in [5.74, 6) is -0.764. The van der Waals surface area contributed by atoms with Crippen molar-refractivity contribution in [2.45, 2.75) is 11.7 Å². The van der Waals surface area contributed by atoms with Gasteiger partial charge in [0.1, 0.15) is 0 Å². The summed E-state index contributed by atoms with van der Waals surface area (Å²) in [7, 11) is 1.87. The minimum Gasteiger partial charge on any atom is -0.478 e. The fraction of sp³-hybridized carbons (Fsp3) is 0.214. The van der Waals surface area contributed by atoms with Crippen molar-refractivity contribution in [2.24, 2.45) is 7.05 Å². The van der Waals surface area contributed by atoms with Crippen LogP contribution in [0.25, 0.3) is 0 Å². The van der Waals surface area contributed by atoms with Gasteiger partial charge in [0, 0.05) is 26.0 Å². The first-order chi connectivity index (χ1) is 10.1. The predicted molar refractivity (Wildman–Crippen MR) is 79.2 cm³/mol. The Kier molecular flexibility index (Phi) is 4.99. The summed E-state index contributed by atoms with van der Waals surface area (Å²) in [5.41, 5.74) is 1.09. The van der Waals surface area contributed by atoms with E-state index in [9.17, 15) is 9.59 Å². The summed E-state index contributed by atoms with van der Waals surface area (Å²) in [5, 5.41) is 12.4. The first kappa shape index (κ1) is 15.1. The van der Waals surface area contributed by atoms with Crippen LogP contribution < -0.4 is 5.32 Å². The first-order valence-electron chi connectivity index (χ1n) is 6.25. The van der Waals surface area contributed by atoms with Crippen molar-refractivity contribution in [1.82, 2.24) is 14.9 Å². The van der Waals surface area contributed by atoms with Crippen LogP contribution in [0.15, 0.2) is 41.8 Å². The van der Waals surface area contributed by atoms with E-state index < -0.39 is 5.97 Å². The number of carboxylic acid groups (broad SMARTS) is 1. The maximum absolute atomic E-state index is 11.7. The molecule has 0 atom stereocenters. The number of hydrogen-bond acceptors (Lipinski definition) is 4. The third kappa shape index (κ3) is 4.35. The molecule has 0 saturated heterocycles. The van der Waals surface area contributed by atoms with Crippen molar-refractivity contribution >= 4 is 23.6 Å². The number of hydrogen-bond donors (Lipinski definition) is 2. The summed E-state index contributed by atoms with van der Waals surface area (Å²) in [6.07, 6.45) is 3.51. The zero-order chi connectivity index (χ0) is 15.2. The molecule has 6 nitrogen and oxygen atoms in total. The van der Waals surface area contributed by atoms with E-state index in [-0.39, 0.29) is 17.2 Å². The molecule has 0 saturated carbocycles. The summed E-state index contributed by atoms with van der Waals surface area (Å²) < 4.78 is 1.85. The maximum Gasteiger partial charge on any atom is 0.335 e. The normalized spacial score (nSPS) is 10.3. The molecule has 110 valence electrons. The molecule has 0 unspecified atom stereocenters. The second kappa shape index (κ2) is 6.94. The molecular weight excluding hydrogens is 290 g/mol. The van der Waals surface area contributed by atoms with Crippen LogP contribution in [0.1, 0.15) is 15.9 Å². The molecule has 0 bridgehead atoms. The van der Waals surface area contributed by atoms with Gasteiger partial charge in [0.25, 0.3) is 0 Å². The second-order valence-electron chi connectivity index (χ2n) is 4.39. The van der Waals surface area contributed by atoms with Crippen LogP contribution in [0, 0.1) is 0 Å². The van der Waals surface area contributed by atoms with E-state index in [0.717, 1.165) is 10.7 Å². The average molecular weight is 305 g/mol. The average Bonchev–Trinajstić information content (AvgIpc) is 2.88. The number of amides is 1. The smallest absolute Gasteiger partial charge is 0.335 e. The van der Waals surface area contributed by atoms with Crippen LogP contribution in [0.4, 0.5) is 0 Å². The van der Waals surface area contributed by atoms with Gasteiger partial charge in [0.05, 0.1) is 11.3 Å². The van der Waals surface area contributed by atoms with E-state index in [2.05, 4.69) is 10.3 Å². The van der Waals surface area contributed by atoms with Gasteiger partial charge in [-0.3, -0.25) is 4.79 Å². The molecule has 0 aliphatic rings. The topological polar surface area (TPSA) is 84.2 Å². The van der Waals surface area contributed by atoms with Gasteiger partial charge in [-0.05, 0) is 17.7 Å². The zero-order valence-electron chi connectivity index (χ0n) is 11.4. The highest BCUT2D eigenvalue weighted by Gasteiger charge is 2.06. The Bertz CT molecular complexity index is 637. The number of rotatable bonds is 6. The van der Waals surface area contributed by atoms with Gasteiger partial charge in [0.15, 0.2) is 5.16 Å². The van der Waals surface area contributed by atoms with Crippen LogP contribution in [-0.4, -0.2) is 32.3 Å². The number of aromatic carboxylic acids is 1. The maximum atomic E-state index is 11.7. The number of nitrogens with zero attached hydrogens (tertiary/aromatic N) is 2. The largest absolute Gasteiger partial charge is 0.478 e. The van der Waals surface area contributed by atoms with Crippen LogP contribution in [0.2, 0.25) is 0 Å². The van der Waals surface area contributed by atoms with Crippen molar-refractivity contribution in [3.8, 4) is 0 Å². The van der Waals surface area contributed by atoms with Crippen molar-refractivity contribution in [1.29, 1.82) is 0 Å². The fourth-order valence-electron chi connectivity index (χ4n) is 1.64. The van der Waals surface area contributed by atoms with Crippen molar-refractivity contribution in [3.05, 3.63) is 47.8 Å². The lowest BCUT2D eigenvalue weighted by Crippen LogP contribution is -2.24. The zero-order valence-corrected chi connectivity index (χ0v) is 12.3. The number of carboxylic acids is 1. The molecule has 7 heteroatoms. The lowest BCUT2D eigenvalue weighted by molar-refractivity contribution is -0.118. The van der Waals surface area contributed by atoms with Gasteiger partial charge in [-0.15, -0.1) is 0 Å². The van der Waals surface area contributed by atoms with Gasteiger partial charge >= 0.3 is 5.97 Å². The Labute approximate surface area is 126 Å². The predicted octanol–water partition coefficient (Wildman–Crippen LogP) is 1.53. The van der Waals surface area contributed by atoms with E-state index in [1.54, 1.807) is 18.3 Å². The quantitative estimate of drug-likeness (QED) is 0.791. The minimum absolute atomic E-state index is 0.0923. The second-order valence-corrected chi connectivity index (χ2v) is 5.33. The van der Waals surface area contributed by atoms with Crippen molar-refractivity contribution in [3.63, 3.8) is 0 Å². The Morgan fingerprint density at radius 3 is 2.62 bits per heavy atom. The van der Waals surface area contributed by atoms with Crippen molar-refractivity contribution in [2.75, 3.05) is 5.75 Å². The standard InChI is InChI=1S/C14H15N3O3S/c1-17-7-6-15-14(17)21-9-12(18)16-8-10-2-4-11(5-3-10)13(19)20/h2-7H,8-9H2,1H3,(H,16,18)(H,19,20). The third-order valence-electron chi connectivity index (χ3n) is 2.80. The van der Waals surface area contributed by atoms with Crippen LogP contribution in [0.3, 0.4) is 0 Å². The first-order valence-corrected chi connectivity index (χ1v) is 7.24. The lowest BCUT2D eigenvalue weighted by atomic mass is 10.1. The summed E-state index contributed by atoms with van der Waals surface area (Å²) in [6, 6.07) is 6.42. The summed E-state index contributed by atoms with van der Waals surface area (Å²) in [4.78, 5) is 26.6. The van der Waals surface area contributed by atoms with Crippen LogP contribution in [0.5, 0.6) is 0 Å².